The molecule has 1 N–H and O–H groups in total. The fraction of sp³-hybridized carbons (Fsp3) is 0.350. The highest BCUT2D eigenvalue weighted by atomic mass is 16.7. The Balaban J connectivity index is 1.71. The lowest BCUT2D eigenvalue weighted by molar-refractivity contribution is -0.141. The molecule has 3 unspecified atom stereocenters. The van der Waals surface area contributed by atoms with E-state index in [-0.39, 0.29) is 17.6 Å². The lowest BCUT2D eigenvalue weighted by Gasteiger charge is -2.33. The maximum atomic E-state index is 12.3. The third-order valence-electron chi connectivity index (χ3n) is 4.83. The zero-order valence-electron chi connectivity index (χ0n) is 15.4. The molecule has 1 heterocycles. The number of carbonyl (C=O) groups is 3. The molecule has 142 valence electrons. The molecule has 0 saturated heterocycles. The molecule has 0 bridgehead atoms. The van der Waals surface area contributed by atoms with Gasteiger partial charge in [-0.3, -0.25) is 10.1 Å². The number of nitrogens with one attached hydrogen (secondary N) is 1. The van der Waals surface area contributed by atoms with Crippen LogP contribution in [-0.4, -0.2) is 31.2 Å². The quantitative estimate of drug-likeness (QED) is 0.495. The van der Waals surface area contributed by atoms with Crippen LogP contribution in [0.2, 0.25) is 0 Å². The number of carbonyl (C=O) groups excluding carboxylic acids is 3. The summed E-state index contributed by atoms with van der Waals surface area (Å²) in [5, 5.41) is 2.60. The van der Waals surface area contributed by atoms with Crippen LogP contribution in [0.5, 0.6) is 0 Å². The standard InChI is InChI=1S/C20H21NO6/c1-11-7-8-15-16(18(23)25-3)10-26-19(17(11)15)27-20(24)21-14-6-4-5-13(9-14)12(2)22/h4-7,9-10,15,17,19H,8H2,1-3H3,(H,21,24). The van der Waals surface area contributed by atoms with Crippen LogP contribution in [0.25, 0.3) is 0 Å². The van der Waals surface area contributed by atoms with Gasteiger partial charge in [-0.05, 0) is 32.4 Å². The van der Waals surface area contributed by atoms with Crippen molar-refractivity contribution >= 4 is 23.5 Å². The average Bonchev–Trinajstić information content (AvgIpc) is 3.04. The minimum Gasteiger partial charge on any atom is -0.466 e. The van der Waals surface area contributed by atoms with Crippen LogP contribution in [0.3, 0.4) is 0 Å². The van der Waals surface area contributed by atoms with Gasteiger partial charge < -0.3 is 14.2 Å². The molecule has 2 aliphatic rings. The van der Waals surface area contributed by atoms with Crippen molar-refractivity contribution in [2.45, 2.75) is 26.6 Å². The normalized spacial score (nSPS) is 23.3. The Morgan fingerprint density at radius 1 is 1.26 bits per heavy atom. The summed E-state index contributed by atoms with van der Waals surface area (Å²) in [5.41, 5.74) is 2.36. The van der Waals surface area contributed by atoms with E-state index in [2.05, 4.69) is 5.32 Å². The van der Waals surface area contributed by atoms with Crippen molar-refractivity contribution in [3.63, 3.8) is 0 Å². The molecule has 7 nitrogen and oxygen atoms in total. The summed E-state index contributed by atoms with van der Waals surface area (Å²) in [6.07, 6.45) is 2.43. The minimum atomic E-state index is -0.849. The van der Waals surface area contributed by atoms with Crippen molar-refractivity contribution < 1.29 is 28.6 Å². The van der Waals surface area contributed by atoms with Gasteiger partial charge in [-0.15, -0.1) is 0 Å². The van der Waals surface area contributed by atoms with E-state index in [9.17, 15) is 14.4 Å². The molecule has 0 radical (unpaired) electrons. The number of methoxy groups -OCH3 is 1. The molecule has 0 spiro atoms. The SMILES string of the molecule is COC(=O)C1=COC(OC(=O)Nc2cccc(C(C)=O)c2)C2C(C)=CCC12. The van der Waals surface area contributed by atoms with Crippen LogP contribution < -0.4 is 5.32 Å². The van der Waals surface area contributed by atoms with Gasteiger partial charge >= 0.3 is 12.1 Å². The minimum absolute atomic E-state index is 0.0994. The number of esters is 1. The summed E-state index contributed by atoms with van der Waals surface area (Å²) in [7, 11) is 1.32. The van der Waals surface area contributed by atoms with E-state index in [4.69, 9.17) is 14.2 Å². The summed E-state index contributed by atoms with van der Waals surface area (Å²) < 4.78 is 15.8. The van der Waals surface area contributed by atoms with Crippen LogP contribution in [-0.2, 0) is 19.0 Å². The van der Waals surface area contributed by atoms with Crippen LogP contribution in [0, 0.1) is 11.8 Å². The van der Waals surface area contributed by atoms with E-state index in [0.717, 1.165) is 5.57 Å². The van der Waals surface area contributed by atoms with Crippen molar-refractivity contribution in [1.82, 2.24) is 0 Å². The monoisotopic (exact) mass is 371 g/mol. The Hall–Kier alpha value is -3.09. The number of ether oxygens (including phenoxy) is 3. The molecule has 0 saturated carbocycles. The van der Waals surface area contributed by atoms with Crippen molar-refractivity contribution in [3.8, 4) is 0 Å². The fourth-order valence-electron chi connectivity index (χ4n) is 3.44. The third kappa shape index (κ3) is 3.86. The molecule has 3 rings (SSSR count). The summed E-state index contributed by atoms with van der Waals surface area (Å²) in [6, 6.07) is 6.58. The number of rotatable bonds is 4. The molecule has 1 aromatic carbocycles. The Labute approximate surface area is 157 Å². The van der Waals surface area contributed by atoms with Crippen LogP contribution in [0.15, 0.2) is 47.7 Å². The van der Waals surface area contributed by atoms with E-state index in [1.807, 2.05) is 13.0 Å². The Bertz CT molecular complexity index is 841. The first kappa shape index (κ1) is 18.7. The topological polar surface area (TPSA) is 90.9 Å². The third-order valence-corrected chi connectivity index (χ3v) is 4.83. The van der Waals surface area contributed by atoms with Gasteiger partial charge in [0.25, 0.3) is 6.29 Å². The largest absolute Gasteiger partial charge is 0.466 e. The number of fused-ring (bicyclic) bond motifs is 1. The van der Waals surface area contributed by atoms with Crippen molar-refractivity contribution in [2.75, 3.05) is 12.4 Å². The molecule has 1 amide bonds. The number of Topliss-reactive ketones (excluding diaryl/α,β-unsaturated/α-hetero) is 1. The Kier molecular flexibility index (Phi) is 5.30. The number of hydrogen-bond acceptors (Lipinski definition) is 6. The highest BCUT2D eigenvalue weighted by molar-refractivity contribution is 5.96. The first-order valence-electron chi connectivity index (χ1n) is 8.60. The number of anilines is 1. The fourth-order valence-corrected chi connectivity index (χ4v) is 3.44. The second-order valence-electron chi connectivity index (χ2n) is 6.55. The van der Waals surface area contributed by atoms with Gasteiger partial charge in [0.15, 0.2) is 5.78 Å². The lowest BCUT2D eigenvalue weighted by atomic mass is 9.84. The average molecular weight is 371 g/mol. The van der Waals surface area contributed by atoms with E-state index in [1.165, 1.54) is 20.3 Å². The molecular weight excluding hydrogens is 350 g/mol. The number of ketones is 1. The predicted octanol–water partition coefficient (Wildman–Crippen LogP) is 3.43. The van der Waals surface area contributed by atoms with Gasteiger partial charge in [-0.2, -0.15) is 0 Å². The number of amides is 1. The summed E-state index contributed by atoms with van der Waals surface area (Å²) in [4.78, 5) is 35.7. The van der Waals surface area contributed by atoms with Crippen molar-refractivity contribution in [1.29, 1.82) is 0 Å². The number of hydrogen-bond donors (Lipinski definition) is 1. The maximum absolute atomic E-state index is 12.3. The summed E-state index contributed by atoms with van der Waals surface area (Å²) in [5.74, 6) is -0.946. The first-order valence-corrected chi connectivity index (χ1v) is 8.60. The van der Waals surface area contributed by atoms with Gasteiger partial charge in [-0.1, -0.05) is 23.8 Å². The van der Waals surface area contributed by atoms with Crippen LogP contribution in [0.1, 0.15) is 30.6 Å². The van der Waals surface area contributed by atoms with Crippen molar-refractivity contribution in [3.05, 3.63) is 53.3 Å². The van der Waals surface area contributed by atoms with Crippen LogP contribution >= 0.6 is 0 Å². The second kappa shape index (κ2) is 7.65. The summed E-state index contributed by atoms with van der Waals surface area (Å²) in [6.45, 7) is 3.37. The van der Waals surface area contributed by atoms with Gasteiger partial charge in [0.2, 0.25) is 0 Å². The van der Waals surface area contributed by atoms with Gasteiger partial charge in [0.05, 0.1) is 24.9 Å². The lowest BCUT2D eigenvalue weighted by Crippen LogP contribution is -2.38. The molecule has 3 atom stereocenters. The van der Waals surface area contributed by atoms with E-state index in [0.29, 0.717) is 23.2 Å². The zero-order valence-corrected chi connectivity index (χ0v) is 15.4. The highest BCUT2D eigenvalue weighted by Gasteiger charge is 2.44. The molecule has 1 aliphatic carbocycles. The number of allylic oxidation sites excluding steroid dienone is 1. The molecular formula is C20H21NO6. The van der Waals surface area contributed by atoms with E-state index >= 15 is 0 Å². The van der Waals surface area contributed by atoms with Gasteiger partial charge in [0, 0.05) is 17.2 Å². The Morgan fingerprint density at radius 3 is 2.74 bits per heavy atom. The summed E-state index contributed by atoms with van der Waals surface area (Å²) >= 11 is 0. The Morgan fingerprint density at radius 2 is 2.04 bits per heavy atom. The highest BCUT2D eigenvalue weighted by Crippen LogP contribution is 2.43. The molecule has 27 heavy (non-hydrogen) atoms. The molecule has 0 aromatic heterocycles. The van der Waals surface area contributed by atoms with Crippen molar-refractivity contribution in [2.24, 2.45) is 11.8 Å². The van der Waals surface area contributed by atoms with Gasteiger partial charge in [0.1, 0.15) is 0 Å². The smallest absolute Gasteiger partial charge is 0.414 e. The first-order chi connectivity index (χ1) is 12.9. The molecule has 7 heteroatoms. The number of benzene rings is 1. The predicted molar refractivity (Wildman–Crippen MR) is 96.9 cm³/mol. The van der Waals surface area contributed by atoms with E-state index < -0.39 is 18.4 Å². The van der Waals surface area contributed by atoms with E-state index in [1.54, 1.807) is 24.3 Å². The maximum Gasteiger partial charge on any atom is 0.414 e. The zero-order chi connectivity index (χ0) is 19.6. The second-order valence-corrected chi connectivity index (χ2v) is 6.55. The molecule has 1 aliphatic heterocycles. The van der Waals surface area contributed by atoms with Gasteiger partial charge in [-0.25, -0.2) is 9.59 Å². The molecule has 1 aromatic rings. The molecule has 0 fully saturated rings. The van der Waals surface area contributed by atoms with Crippen LogP contribution in [0.4, 0.5) is 10.5 Å².